The van der Waals surface area contributed by atoms with Crippen LogP contribution in [0.25, 0.3) is 0 Å². The van der Waals surface area contributed by atoms with Crippen LogP contribution in [0.4, 0.5) is 0 Å². The minimum atomic E-state index is -1.09. The first-order chi connectivity index (χ1) is 10.2. The average molecular weight is 334 g/mol. The molecule has 1 N–H and O–H groups in total. The summed E-state index contributed by atoms with van der Waals surface area (Å²) in [6, 6.07) is 23.0. The molecule has 118 valence electrons. The SMILES string of the molecule is O=C(O)c1ccccc1C(=O)[c-]1cccc1.[Fe].[cH-]1[cH-][cH-][cH-][cH-]1. The van der Waals surface area contributed by atoms with Gasteiger partial charge in [-0.25, -0.2) is 4.79 Å². The van der Waals surface area contributed by atoms with Crippen LogP contribution < -0.4 is 0 Å². The molecule has 3 rings (SSSR count). The van der Waals surface area contributed by atoms with E-state index in [1.165, 1.54) is 12.1 Å². The molecule has 0 bridgehead atoms. The molecule has 3 aromatic carbocycles. The van der Waals surface area contributed by atoms with E-state index >= 15 is 0 Å². The maximum Gasteiger partial charge on any atom is 0.327 e. The molecule has 0 spiro atoms. The molecule has 3 aromatic rings. The second-order valence-electron chi connectivity index (χ2n) is 4.32. The number of hydrogen-bond acceptors (Lipinski definition) is 2. The minimum absolute atomic E-state index is 0. The first-order valence-electron chi connectivity index (χ1n) is 6.45. The van der Waals surface area contributed by atoms with Crippen LogP contribution in [0.1, 0.15) is 26.3 Å². The molecule has 0 radical (unpaired) electrons. The molecule has 22 heavy (non-hydrogen) atoms. The van der Waals surface area contributed by atoms with Crippen molar-refractivity contribution in [2.75, 3.05) is 0 Å². The Balaban J connectivity index is 0.000000344. The quantitative estimate of drug-likeness (QED) is 0.451. The van der Waals surface area contributed by atoms with Crippen molar-refractivity contribution in [1.82, 2.24) is 0 Å². The Hall–Kier alpha value is -2.42. The van der Waals surface area contributed by atoms with Gasteiger partial charge in [0.2, 0.25) is 0 Å². The van der Waals surface area contributed by atoms with E-state index in [4.69, 9.17) is 5.11 Å². The van der Waals surface area contributed by atoms with E-state index < -0.39 is 5.97 Å². The van der Waals surface area contributed by atoms with E-state index in [0.717, 1.165) is 0 Å². The molecule has 0 aliphatic heterocycles. The Morgan fingerprint density at radius 2 is 1.27 bits per heavy atom. The maximum absolute atomic E-state index is 12.0. The van der Waals surface area contributed by atoms with Gasteiger partial charge in [-0.2, -0.15) is 12.1 Å². The van der Waals surface area contributed by atoms with Crippen LogP contribution >= 0.6 is 0 Å². The molecular formula is C18H14FeO3-6. The molecule has 4 heteroatoms. The minimum Gasteiger partial charge on any atom is -0.748 e. The molecule has 0 fully saturated rings. The normalized spacial score (nSPS) is 9.09. The number of carbonyl (C=O) groups excluding carboxylic acids is 1. The fourth-order valence-corrected chi connectivity index (χ4v) is 1.87. The second-order valence-corrected chi connectivity index (χ2v) is 4.32. The Labute approximate surface area is 139 Å². The smallest absolute Gasteiger partial charge is 0.327 e. The van der Waals surface area contributed by atoms with Gasteiger partial charge in [-0.1, -0.05) is 29.8 Å². The molecule has 0 atom stereocenters. The van der Waals surface area contributed by atoms with Crippen LogP contribution in [-0.4, -0.2) is 16.9 Å². The van der Waals surface area contributed by atoms with Crippen LogP contribution in [0.2, 0.25) is 0 Å². The van der Waals surface area contributed by atoms with E-state index in [-0.39, 0.29) is 34.0 Å². The van der Waals surface area contributed by atoms with E-state index in [1.54, 1.807) is 36.4 Å². The fraction of sp³-hybridized carbons (Fsp3) is 0. The van der Waals surface area contributed by atoms with Gasteiger partial charge in [0, 0.05) is 22.6 Å². The fourth-order valence-electron chi connectivity index (χ4n) is 1.87. The van der Waals surface area contributed by atoms with Crippen LogP contribution in [0, 0.1) is 0 Å². The van der Waals surface area contributed by atoms with Crippen LogP contribution in [0.5, 0.6) is 0 Å². The molecule has 0 saturated heterocycles. The molecule has 0 amide bonds. The standard InChI is InChI=1S/C13H9O3.C5H5.Fe/c14-12(9-5-1-2-6-9)10-7-3-4-8-11(10)13(15)16;1-2-4-5-3-1;/h1-8H,(H,15,16);1-5H;/q-1;-5;. The van der Waals surface area contributed by atoms with Crippen molar-refractivity contribution in [3.8, 4) is 0 Å². The van der Waals surface area contributed by atoms with Gasteiger partial charge in [0.05, 0.1) is 0 Å². The van der Waals surface area contributed by atoms with Crippen molar-refractivity contribution in [1.29, 1.82) is 0 Å². The number of aromatic carboxylic acids is 1. The predicted molar refractivity (Wildman–Crippen MR) is 80.9 cm³/mol. The van der Waals surface area contributed by atoms with E-state index in [2.05, 4.69) is 0 Å². The first-order valence-corrected chi connectivity index (χ1v) is 6.45. The van der Waals surface area contributed by atoms with Crippen LogP contribution in [0.15, 0.2) is 78.9 Å². The number of hydrogen-bond donors (Lipinski definition) is 1. The summed E-state index contributed by atoms with van der Waals surface area (Å²) >= 11 is 0. The van der Waals surface area contributed by atoms with E-state index in [0.29, 0.717) is 5.56 Å². The third-order valence-electron chi connectivity index (χ3n) is 2.88. The van der Waals surface area contributed by atoms with Crippen molar-refractivity contribution < 1.29 is 31.8 Å². The van der Waals surface area contributed by atoms with Gasteiger partial charge < -0.3 is 40.2 Å². The van der Waals surface area contributed by atoms with Gasteiger partial charge in [0.25, 0.3) is 0 Å². The van der Waals surface area contributed by atoms with Gasteiger partial charge in [-0.15, -0.1) is 12.1 Å². The summed E-state index contributed by atoms with van der Waals surface area (Å²) in [6.07, 6.45) is 0. The van der Waals surface area contributed by atoms with Crippen molar-refractivity contribution >= 4 is 11.8 Å². The second kappa shape index (κ2) is 8.78. The summed E-state index contributed by atoms with van der Waals surface area (Å²) in [5, 5.41) is 8.96. The van der Waals surface area contributed by atoms with Gasteiger partial charge >= 0.3 is 5.97 Å². The molecule has 0 unspecified atom stereocenters. The number of rotatable bonds is 3. The average Bonchev–Trinajstić information content (AvgIpc) is 3.21. The number of carboxylic acid groups (broad SMARTS) is 1. The van der Waals surface area contributed by atoms with Gasteiger partial charge in [-0.05, 0) is 5.56 Å². The maximum atomic E-state index is 12.0. The van der Waals surface area contributed by atoms with Crippen molar-refractivity contribution in [3.05, 3.63) is 95.6 Å². The van der Waals surface area contributed by atoms with Crippen LogP contribution in [-0.2, 0) is 17.1 Å². The third-order valence-corrected chi connectivity index (χ3v) is 2.88. The summed E-state index contributed by atoms with van der Waals surface area (Å²) < 4.78 is 0. The third kappa shape index (κ3) is 4.55. The van der Waals surface area contributed by atoms with Crippen molar-refractivity contribution in [2.45, 2.75) is 0 Å². The largest absolute Gasteiger partial charge is 0.748 e. The number of ketones is 1. The van der Waals surface area contributed by atoms with E-state index in [1.807, 2.05) is 30.3 Å². The Morgan fingerprint density at radius 1 is 0.818 bits per heavy atom. The van der Waals surface area contributed by atoms with Gasteiger partial charge in [-0.3, -0.25) is 0 Å². The molecular weight excluding hydrogens is 320 g/mol. The van der Waals surface area contributed by atoms with Gasteiger partial charge in [0.1, 0.15) is 5.78 Å². The topological polar surface area (TPSA) is 54.4 Å². The summed E-state index contributed by atoms with van der Waals surface area (Å²) in [7, 11) is 0. The van der Waals surface area contributed by atoms with Crippen molar-refractivity contribution in [3.63, 3.8) is 0 Å². The molecule has 3 nitrogen and oxygen atoms in total. The molecule has 0 aromatic heterocycles. The molecule has 0 aliphatic carbocycles. The number of benzene rings is 1. The Morgan fingerprint density at radius 3 is 1.73 bits per heavy atom. The molecule has 0 aliphatic rings. The van der Waals surface area contributed by atoms with Crippen LogP contribution in [0.3, 0.4) is 0 Å². The number of carbonyl (C=O) groups is 2. The van der Waals surface area contributed by atoms with Gasteiger partial charge in [0.15, 0.2) is 0 Å². The molecule has 0 heterocycles. The number of carboxylic acids is 1. The Kier molecular flexibility index (Phi) is 7.03. The zero-order valence-electron chi connectivity index (χ0n) is 11.6. The zero-order chi connectivity index (χ0) is 15.1. The summed E-state index contributed by atoms with van der Waals surface area (Å²) in [6.45, 7) is 0. The van der Waals surface area contributed by atoms with Crippen molar-refractivity contribution in [2.24, 2.45) is 0 Å². The monoisotopic (exact) mass is 334 g/mol. The predicted octanol–water partition coefficient (Wildman–Crippen LogP) is 3.74. The summed E-state index contributed by atoms with van der Waals surface area (Å²) in [4.78, 5) is 22.9. The summed E-state index contributed by atoms with van der Waals surface area (Å²) in [5.41, 5.74) is 0.767. The Bertz CT molecular complexity index is 681. The zero-order valence-corrected chi connectivity index (χ0v) is 12.7. The molecule has 0 saturated carbocycles. The summed E-state index contributed by atoms with van der Waals surface area (Å²) in [5.74, 6) is -1.35. The van der Waals surface area contributed by atoms with E-state index in [9.17, 15) is 9.59 Å². The first kappa shape index (κ1) is 17.6.